The standard InChI is InChI=1S/C14H13NO3.C12H9ClN2O4.C11H6N2O3.C7H5NO4.C7H6O5.C7H6O4/c16-13(5-6-14(17)18)8-12-7-10-3-1-2-4-11(10)9-15-12;13-11-7-4-2-1-3-6(7)10(18)9(15-11)12(19)14-5-8(16)17;12-4-6-1-2-7-9(3-6)13-5-8(10(7)14)11(15)16;9-6(10)4-1-2-8-5(3-4)7(11)12;8-4-1-3(7(11)12)2-5(9)6(4)10;8-5-2-1-4(7(10)11)3-6(5)9/h1-4,7,9H,5-6,8H2,(H,17,18);1-4,18H,5H2,(H,14,19)(H,16,17);1-3,5H,(H,13,14)(H,15,16);1-3H,(H,9,10)(H,11,12);1-2,8-10H,(H,11,12);1-3,8-9H,(H,10,11). The molecular formula is C58H45ClN6O23. The third-order valence-electron chi connectivity index (χ3n) is 11.1. The number of Topliss-reactive ketones (excluding diaryl/α,β-unsaturated/α-hetero) is 1. The van der Waals surface area contributed by atoms with Gasteiger partial charge < -0.3 is 76.7 Å². The largest absolute Gasteiger partial charge is 0.505 e. The number of ketones is 1. The van der Waals surface area contributed by atoms with E-state index in [1.54, 1.807) is 30.5 Å². The number of rotatable bonds is 13. The minimum absolute atomic E-state index is 0.0553. The van der Waals surface area contributed by atoms with Crippen molar-refractivity contribution in [3.05, 3.63) is 194 Å². The number of aromatic carboxylic acids is 5. The molecule has 0 aliphatic heterocycles. The van der Waals surface area contributed by atoms with Gasteiger partial charge in [0.1, 0.15) is 28.7 Å². The third-order valence-corrected chi connectivity index (χ3v) is 11.4. The minimum Gasteiger partial charge on any atom is -0.505 e. The molecule has 30 heteroatoms. The van der Waals surface area contributed by atoms with Crippen molar-refractivity contribution in [2.75, 3.05) is 6.54 Å². The number of nitrogens with zero attached hydrogens (tertiary/aromatic N) is 4. The number of H-pyrrole nitrogens is 1. The number of carboxylic acid groups (broad SMARTS) is 7. The maximum atomic E-state index is 11.7. The first-order valence-corrected chi connectivity index (χ1v) is 24.7. The van der Waals surface area contributed by atoms with Gasteiger partial charge in [-0.25, -0.2) is 33.9 Å². The Bertz CT molecular complexity index is 4230. The number of phenols is 5. The fraction of sp³-hybridized carbons (Fsp3) is 0.0690. The van der Waals surface area contributed by atoms with Crippen LogP contribution in [0.3, 0.4) is 0 Å². The van der Waals surface area contributed by atoms with Crippen LogP contribution >= 0.6 is 11.6 Å². The van der Waals surface area contributed by atoms with Gasteiger partial charge in [0.05, 0.1) is 40.3 Å². The number of carboxylic acids is 7. The number of carbonyl (C=O) groups is 9. The van der Waals surface area contributed by atoms with E-state index in [1.807, 2.05) is 36.4 Å². The van der Waals surface area contributed by atoms with E-state index in [0.717, 1.165) is 53.5 Å². The first-order chi connectivity index (χ1) is 41.5. The summed E-state index contributed by atoms with van der Waals surface area (Å²) >= 11 is 5.92. The number of nitriles is 1. The van der Waals surface area contributed by atoms with E-state index in [2.05, 4.69) is 25.3 Å². The fourth-order valence-corrected chi connectivity index (χ4v) is 7.13. The molecule has 0 saturated carbocycles. The first-order valence-electron chi connectivity index (χ1n) is 24.3. The van der Waals surface area contributed by atoms with E-state index >= 15 is 0 Å². The Hall–Kier alpha value is -12.7. The first kappa shape index (κ1) is 67.8. The molecule has 4 heterocycles. The number of benzene rings is 5. The lowest BCUT2D eigenvalue weighted by atomic mass is 10.1. The van der Waals surface area contributed by atoms with E-state index in [-0.39, 0.29) is 80.7 Å². The lowest BCUT2D eigenvalue weighted by molar-refractivity contribution is -0.138. The molecule has 0 bridgehead atoms. The summed E-state index contributed by atoms with van der Waals surface area (Å²) in [7, 11) is 0. The van der Waals surface area contributed by atoms with Gasteiger partial charge in [0, 0.05) is 58.7 Å². The molecule has 0 aliphatic rings. The lowest BCUT2D eigenvalue weighted by Crippen LogP contribution is -2.30. The number of amides is 1. The number of phenolic OH excluding ortho intramolecular Hbond substituents is 5. The molecule has 15 N–H and O–H groups in total. The zero-order valence-corrected chi connectivity index (χ0v) is 45.3. The van der Waals surface area contributed by atoms with Gasteiger partial charge in [-0.05, 0) is 72.1 Å². The van der Waals surface area contributed by atoms with Crippen molar-refractivity contribution in [1.29, 1.82) is 5.26 Å². The fourth-order valence-electron chi connectivity index (χ4n) is 6.88. The Kier molecular flexibility index (Phi) is 24.4. The summed E-state index contributed by atoms with van der Waals surface area (Å²) < 4.78 is 0. The highest BCUT2D eigenvalue weighted by molar-refractivity contribution is 6.35. The Morgan fingerprint density at radius 3 is 1.72 bits per heavy atom. The van der Waals surface area contributed by atoms with Crippen LogP contribution in [0.4, 0.5) is 0 Å². The van der Waals surface area contributed by atoms with Crippen LogP contribution in [-0.4, -0.2) is 146 Å². The lowest BCUT2D eigenvalue weighted by Gasteiger charge is -2.08. The number of aliphatic carboxylic acids is 2. The second kappa shape index (κ2) is 31.6. The van der Waals surface area contributed by atoms with Crippen LogP contribution in [0.15, 0.2) is 139 Å². The number of carbonyl (C=O) groups excluding carboxylic acids is 2. The van der Waals surface area contributed by atoms with Gasteiger partial charge in [0.15, 0.2) is 40.2 Å². The molecular weight excluding hydrogens is 1180 g/mol. The van der Waals surface area contributed by atoms with Crippen molar-refractivity contribution in [1.82, 2.24) is 25.3 Å². The maximum absolute atomic E-state index is 11.7. The predicted molar refractivity (Wildman–Crippen MR) is 305 cm³/mol. The zero-order valence-electron chi connectivity index (χ0n) is 44.6. The van der Waals surface area contributed by atoms with Gasteiger partial charge in [-0.2, -0.15) is 5.26 Å². The zero-order chi connectivity index (χ0) is 65.5. The molecule has 5 aromatic carbocycles. The molecule has 0 fully saturated rings. The summed E-state index contributed by atoms with van der Waals surface area (Å²) in [5.41, 5.74) is -0.308. The molecule has 9 rings (SSSR count). The van der Waals surface area contributed by atoms with Gasteiger partial charge in [-0.1, -0.05) is 60.1 Å². The normalized spacial score (nSPS) is 9.95. The topological polar surface area (TPSA) is 524 Å². The second-order valence-electron chi connectivity index (χ2n) is 17.3. The summed E-state index contributed by atoms with van der Waals surface area (Å²) in [5, 5.41) is 128. The number of aromatic amines is 1. The number of fused-ring (bicyclic) bond motifs is 3. The summed E-state index contributed by atoms with van der Waals surface area (Å²) in [6.07, 6.45) is 4.14. The summed E-state index contributed by atoms with van der Waals surface area (Å²) in [6, 6.07) is 29.9. The molecule has 0 saturated heterocycles. The van der Waals surface area contributed by atoms with Gasteiger partial charge in [-0.15, -0.1) is 0 Å². The third kappa shape index (κ3) is 19.7. The SMILES string of the molecule is N#Cc1ccc2c(=O)c(C(=O)O)c[nH]c2c1.O=C(O)CCC(=O)Cc1cc2ccccc2cn1.O=C(O)CNC(=O)c1nc(Cl)c2ccccc2c1O.O=C(O)c1cc(O)c(O)c(O)c1.O=C(O)c1ccc(O)c(O)c1.O=C(O)c1ccnc(C(=O)O)c1. The van der Waals surface area contributed by atoms with Gasteiger partial charge >= 0.3 is 41.8 Å². The average molecular weight is 1230 g/mol. The van der Waals surface area contributed by atoms with E-state index in [0.29, 0.717) is 27.5 Å². The molecule has 0 spiro atoms. The summed E-state index contributed by atoms with van der Waals surface area (Å²) in [4.78, 5) is 122. The molecule has 0 atom stereocenters. The molecule has 0 radical (unpaired) electrons. The Morgan fingerprint density at radius 2 is 1.15 bits per heavy atom. The number of aromatic nitrogens is 4. The van der Waals surface area contributed by atoms with Crippen molar-refractivity contribution >= 4 is 97.5 Å². The number of hydrogen-bond acceptors (Lipinski definition) is 20. The highest BCUT2D eigenvalue weighted by Gasteiger charge is 2.19. The summed E-state index contributed by atoms with van der Waals surface area (Å²) in [5.74, 6) is -12.3. The molecule has 1 amide bonds. The van der Waals surface area contributed by atoms with Crippen molar-refractivity contribution < 1.29 is 110 Å². The van der Waals surface area contributed by atoms with E-state index < -0.39 is 82.7 Å². The number of nitrogens with one attached hydrogen (secondary N) is 2. The quantitative estimate of drug-likeness (QED) is 0.0433. The minimum atomic E-state index is -1.29. The van der Waals surface area contributed by atoms with Gasteiger partial charge in [-0.3, -0.25) is 29.0 Å². The number of hydrogen-bond donors (Lipinski definition) is 15. The molecule has 452 valence electrons. The molecule has 0 unspecified atom stereocenters. The number of aromatic hydroxyl groups is 6. The monoisotopic (exact) mass is 1230 g/mol. The Labute approximate surface area is 496 Å². The predicted octanol–water partition coefficient (Wildman–Crippen LogP) is 6.49. The van der Waals surface area contributed by atoms with Crippen LogP contribution in [0.2, 0.25) is 5.15 Å². The molecule has 88 heavy (non-hydrogen) atoms. The average Bonchev–Trinajstić information content (AvgIpc) is 3.61. The van der Waals surface area contributed by atoms with Crippen LogP contribution in [0.25, 0.3) is 32.4 Å². The molecule has 0 aliphatic carbocycles. The van der Waals surface area contributed by atoms with Gasteiger partial charge in [0.2, 0.25) is 5.43 Å². The van der Waals surface area contributed by atoms with Crippen LogP contribution in [-0.2, 0) is 20.8 Å². The van der Waals surface area contributed by atoms with E-state index in [1.165, 1.54) is 30.3 Å². The van der Waals surface area contributed by atoms with E-state index in [4.69, 9.17) is 78.1 Å². The van der Waals surface area contributed by atoms with Crippen LogP contribution in [0, 0.1) is 11.3 Å². The number of halogens is 1. The van der Waals surface area contributed by atoms with Crippen LogP contribution in [0.1, 0.15) is 86.5 Å². The van der Waals surface area contributed by atoms with Gasteiger partial charge in [0.25, 0.3) is 5.91 Å². The van der Waals surface area contributed by atoms with Crippen molar-refractivity contribution in [2.24, 2.45) is 0 Å². The highest BCUT2D eigenvalue weighted by Crippen LogP contribution is 2.35. The second-order valence-corrected chi connectivity index (χ2v) is 17.6. The Balaban J connectivity index is 0.000000229. The summed E-state index contributed by atoms with van der Waals surface area (Å²) in [6.45, 7) is -0.565. The Morgan fingerprint density at radius 1 is 0.557 bits per heavy atom. The van der Waals surface area contributed by atoms with Crippen molar-refractivity contribution in [3.63, 3.8) is 0 Å². The van der Waals surface area contributed by atoms with Crippen LogP contribution in [0.5, 0.6) is 34.5 Å². The van der Waals surface area contributed by atoms with E-state index in [9.17, 15) is 53.1 Å². The molecule has 29 nitrogen and oxygen atoms in total. The van der Waals surface area contributed by atoms with Crippen LogP contribution < -0.4 is 10.7 Å². The highest BCUT2D eigenvalue weighted by atomic mass is 35.5. The van der Waals surface area contributed by atoms with Crippen molar-refractivity contribution in [3.8, 4) is 40.6 Å². The molecule has 9 aromatic rings. The molecule has 4 aromatic heterocycles. The number of pyridine rings is 4. The van der Waals surface area contributed by atoms with Crippen molar-refractivity contribution in [2.45, 2.75) is 19.3 Å². The smallest absolute Gasteiger partial charge is 0.354 e. The maximum Gasteiger partial charge on any atom is 0.354 e.